The van der Waals surface area contributed by atoms with E-state index in [1.165, 1.54) is 18.5 Å². The molecule has 0 bridgehead atoms. The average Bonchev–Trinajstić information content (AvgIpc) is 3.08. The van der Waals surface area contributed by atoms with Crippen molar-refractivity contribution in [2.75, 3.05) is 31.0 Å². The third kappa shape index (κ3) is 4.94. The van der Waals surface area contributed by atoms with E-state index >= 15 is 0 Å². The van der Waals surface area contributed by atoms with Crippen LogP contribution < -0.4 is 10.1 Å². The van der Waals surface area contributed by atoms with Crippen LogP contribution in [-0.4, -0.2) is 45.5 Å². The first-order valence-electron chi connectivity index (χ1n) is 9.88. The van der Waals surface area contributed by atoms with Crippen molar-refractivity contribution in [1.82, 2.24) is 9.97 Å². The van der Waals surface area contributed by atoms with Crippen LogP contribution in [0, 0.1) is 12.7 Å². The van der Waals surface area contributed by atoms with E-state index in [-0.39, 0.29) is 5.82 Å². The molecule has 7 nitrogen and oxygen atoms in total. The maximum absolute atomic E-state index is 14.0. The summed E-state index contributed by atoms with van der Waals surface area (Å²) in [5.74, 6) is 0.563. The zero-order chi connectivity index (χ0) is 22.2. The van der Waals surface area contributed by atoms with Gasteiger partial charge in [0.25, 0.3) is 0 Å². The summed E-state index contributed by atoms with van der Waals surface area (Å²) >= 11 is 0. The number of ether oxygens (including phenoxy) is 2. The maximum Gasteiger partial charge on any atom is 0.146 e. The molecule has 0 aliphatic carbocycles. The first-order chi connectivity index (χ1) is 14.6. The topological polar surface area (TPSA) is 85.7 Å². The zero-order valence-corrected chi connectivity index (χ0v) is 18.8. The van der Waals surface area contributed by atoms with Crippen molar-refractivity contribution >= 4 is 37.8 Å². The maximum atomic E-state index is 14.0. The second-order valence-corrected chi connectivity index (χ2v) is 10.8. The van der Waals surface area contributed by atoms with Crippen molar-refractivity contribution < 1.29 is 18.1 Å². The molecule has 1 aliphatic heterocycles. The van der Waals surface area contributed by atoms with Crippen LogP contribution in [-0.2, 0) is 14.5 Å². The van der Waals surface area contributed by atoms with Crippen LogP contribution in [0.3, 0.4) is 0 Å². The summed E-state index contributed by atoms with van der Waals surface area (Å²) in [4.78, 5) is 8.75. The lowest BCUT2D eigenvalue weighted by Gasteiger charge is -2.26. The van der Waals surface area contributed by atoms with Crippen molar-refractivity contribution in [3.05, 3.63) is 48.0 Å². The van der Waals surface area contributed by atoms with Gasteiger partial charge in [0.05, 0.1) is 30.1 Å². The van der Waals surface area contributed by atoms with E-state index in [9.17, 15) is 8.60 Å². The number of halogens is 1. The highest BCUT2D eigenvalue weighted by Gasteiger charge is 2.32. The Morgan fingerprint density at radius 1 is 1.26 bits per heavy atom. The predicted molar refractivity (Wildman–Crippen MR) is 121 cm³/mol. The van der Waals surface area contributed by atoms with Gasteiger partial charge in [0.1, 0.15) is 29.3 Å². The van der Waals surface area contributed by atoms with Crippen molar-refractivity contribution in [1.29, 1.82) is 0 Å². The number of nitrogens with zero attached hydrogens (tertiary/aromatic N) is 3. The van der Waals surface area contributed by atoms with Crippen molar-refractivity contribution in [3.8, 4) is 5.75 Å². The lowest BCUT2D eigenvalue weighted by Crippen LogP contribution is -2.32. The highest BCUT2D eigenvalue weighted by atomic mass is 32.2. The van der Waals surface area contributed by atoms with Gasteiger partial charge in [-0.25, -0.2) is 18.6 Å². The van der Waals surface area contributed by atoms with Crippen molar-refractivity contribution in [2.24, 2.45) is 4.36 Å². The van der Waals surface area contributed by atoms with Crippen LogP contribution >= 0.6 is 0 Å². The number of rotatable bonds is 5. The molecule has 1 atom stereocenters. The number of aromatic nitrogens is 2. The largest absolute Gasteiger partial charge is 0.483 e. The zero-order valence-electron chi connectivity index (χ0n) is 17.9. The van der Waals surface area contributed by atoms with E-state index in [0.717, 1.165) is 17.4 Å². The summed E-state index contributed by atoms with van der Waals surface area (Å²) < 4.78 is 41.9. The summed E-state index contributed by atoms with van der Waals surface area (Å²) in [6, 6.07) is 7.98. The van der Waals surface area contributed by atoms with Crippen LogP contribution in [0.15, 0.2) is 41.0 Å². The molecule has 0 spiro atoms. The Hall–Kier alpha value is -2.78. The number of hydrogen-bond donors (Lipinski definition) is 1. The molecule has 1 aromatic heterocycles. The van der Waals surface area contributed by atoms with E-state index < -0.39 is 15.3 Å². The first-order valence-corrected chi connectivity index (χ1v) is 12.2. The lowest BCUT2D eigenvalue weighted by molar-refractivity contribution is 0.0668. The molecule has 3 aromatic rings. The van der Waals surface area contributed by atoms with Gasteiger partial charge in [-0.2, -0.15) is 4.36 Å². The Balaban J connectivity index is 1.75. The van der Waals surface area contributed by atoms with E-state index in [2.05, 4.69) is 19.6 Å². The molecule has 1 saturated heterocycles. The van der Waals surface area contributed by atoms with Crippen LogP contribution in [0.25, 0.3) is 10.9 Å². The predicted octanol–water partition coefficient (Wildman–Crippen LogP) is 4.74. The van der Waals surface area contributed by atoms with Crippen molar-refractivity contribution in [3.63, 3.8) is 0 Å². The molecule has 31 heavy (non-hydrogen) atoms. The second kappa shape index (κ2) is 8.05. The minimum Gasteiger partial charge on any atom is -0.483 e. The van der Waals surface area contributed by atoms with E-state index in [1.54, 1.807) is 24.6 Å². The lowest BCUT2D eigenvalue weighted by atomic mass is 10.1. The van der Waals surface area contributed by atoms with Gasteiger partial charge < -0.3 is 14.8 Å². The first kappa shape index (κ1) is 21.5. The molecule has 2 aromatic carbocycles. The minimum atomic E-state index is -2.29. The van der Waals surface area contributed by atoms with Gasteiger partial charge in [-0.1, -0.05) is 0 Å². The Morgan fingerprint density at radius 3 is 2.77 bits per heavy atom. The summed E-state index contributed by atoms with van der Waals surface area (Å²) in [7, 11) is -2.29. The van der Waals surface area contributed by atoms with E-state index in [1.807, 2.05) is 19.9 Å². The van der Waals surface area contributed by atoms with Gasteiger partial charge in [-0.15, -0.1) is 0 Å². The van der Waals surface area contributed by atoms with E-state index in [0.29, 0.717) is 41.7 Å². The normalized spacial score (nSPS) is 18.9. The highest BCUT2D eigenvalue weighted by molar-refractivity contribution is 7.92. The number of anilines is 2. The van der Waals surface area contributed by atoms with Crippen molar-refractivity contribution in [2.45, 2.75) is 25.9 Å². The van der Waals surface area contributed by atoms with E-state index in [4.69, 9.17) is 9.47 Å². The van der Waals surface area contributed by atoms with Gasteiger partial charge in [0.15, 0.2) is 0 Å². The molecule has 1 unspecified atom stereocenters. The Kier molecular flexibility index (Phi) is 5.57. The molecule has 0 amide bonds. The molecule has 1 N–H and O–H groups in total. The molecule has 164 valence electrons. The third-order valence-corrected chi connectivity index (χ3v) is 5.63. The minimum absolute atomic E-state index is 0.388. The molecule has 9 heteroatoms. The second-order valence-electron chi connectivity index (χ2n) is 8.27. The standard InChI is InChI=1S/C22H25FN4O3S/c1-14-9-16(27-31(3,4)28)11-18-20(14)21(25-13-24-18)26-17-6-5-15(23)10-19(17)30-22(2)7-8-29-12-22/h5-6,9-11,13H,7-8,12H2,1-4H3,(H,24,25,26). The number of hydrogen-bond acceptors (Lipinski definition) is 7. The highest BCUT2D eigenvalue weighted by Crippen LogP contribution is 2.36. The van der Waals surface area contributed by atoms with Gasteiger partial charge in [-0.3, -0.25) is 0 Å². The molecular weight excluding hydrogens is 419 g/mol. The molecular formula is C22H25FN4O3S. The molecule has 0 radical (unpaired) electrons. The summed E-state index contributed by atoms with van der Waals surface area (Å²) in [6.45, 7) is 4.92. The smallest absolute Gasteiger partial charge is 0.146 e. The fourth-order valence-electron chi connectivity index (χ4n) is 3.58. The molecule has 4 rings (SSSR count). The third-order valence-electron chi connectivity index (χ3n) is 4.98. The quantitative estimate of drug-likeness (QED) is 0.612. The monoisotopic (exact) mass is 444 g/mol. The SMILES string of the molecule is Cc1cc(N=S(C)(C)=O)cc2ncnc(Nc3ccc(F)cc3OC3(C)CCOC3)c12. The number of aryl methyl sites for hydroxylation is 1. The Bertz CT molecular complexity index is 1260. The fourth-order valence-corrected chi connectivity index (χ4v) is 4.19. The summed E-state index contributed by atoms with van der Waals surface area (Å²) in [5, 5.41) is 4.07. The number of nitrogens with one attached hydrogen (secondary N) is 1. The molecule has 2 heterocycles. The van der Waals surface area contributed by atoms with Crippen LogP contribution in [0.5, 0.6) is 5.75 Å². The molecule has 1 aliphatic rings. The summed E-state index contributed by atoms with van der Waals surface area (Å²) in [6.07, 6.45) is 5.35. The van der Waals surface area contributed by atoms with Crippen LogP contribution in [0.1, 0.15) is 18.9 Å². The molecule has 1 fully saturated rings. The fraction of sp³-hybridized carbons (Fsp3) is 0.364. The van der Waals surface area contributed by atoms with Crippen LogP contribution in [0.2, 0.25) is 0 Å². The Labute approximate surface area is 181 Å². The van der Waals surface area contributed by atoms with Gasteiger partial charge in [-0.05, 0) is 43.7 Å². The average molecular weight is 445 g/mol. The van der Waals surface area contributed by atoms with Gasteiger partial charge >= 0.3 is 0 Å². The number of benzene rings is 2. The van der Waals surface area contributed by atoms with Crippen LogP contribution in [0.4, 0.5) is 21.6 Å². The molecule has 0 saturated carbocycles. The number of fused-ring (bicyclic) bond motifs is 1. The van der Waals surface area contributed by atoms with Gasteiger partial charge in [0, 0.05) is 40.1 Å². The Morgan fingerprint density at radius 2 is 2.06 bits per heavy atom. The summed E-state index contributed by atoms with van der Waals surface area (Å²) in [5.41, 5.74) is 2.22. The van der Waals surface area contributed by atoms with Gasteiger partial charge in [0.2, 0.25) is 0 Å².